The van der Waals surface area contributed by atoms with Gasteiger partial charge in [-0.2, -0.15) is 0 Å². The molecular weight excluding hydrogens is 192 g/mol. The molecule has 1 fully saturated rings. The lowest BCUT2D eigenvalue weighted by Crippen LogP contribution is -2.52. The van der Waals surface area contributed by atoms with Gasteiger partial charge < -0.3 is 30.3 Å². The molecule has 0 aromatic heterocycles. The van der Waals surface area contributed by atoms with Gasteiger partial charge in [0.1, 0.15) is 18.3 Å². The zero-order valence-electron chi connectivity index (χ0n) is 7.65. The van der Waals surface area contributed by atoms with Crippen molar-refractivity contribution in [3.8, 4) is 0 Å². The predicted octanol–water partition coefficient (Wildman–Crippen LogP) is -2.93. The van der Waals surface area contributed by atoms with E-state index in [9.17, 15) is 20.4 Å². The highest BCUT2D eigenvalue weighted by atomic mass is 16.5. The first-order valence-corrected chi connectivity index (χ1v) is 4.48. The highest BCUT2D eigenvalue weighted by Crippen LogP contribution is 2.16. The predicted molar refractivity (Wildman–Crippen MR) is 45.4 cm³/mol. The van der Waals surface area contributed by atoms with Crippen LogP contribution in [0.1, 0.15) is 0 Å². The zero-order chi connectivity index (χ0) is 10.7. The van der Waals surface area contributed by atoms with E-state index in [2.05, 4.69) is 0 Å². The summed E-state index contributed by atoms with van der Waals surface area (Å²) >= 11 is 0. The van der Waals surface area contributed by atoms with Crippen molar-refractivity contribution in [3.63, 3.8) is 0 Å². The molecule has 1 aliphatic rings. The van der Waals surface area contributed by atoms with Gasteiger partial charge in [0.15, 0.2) is 0 Å². The van der Waals surface area contributed by atoms with E-state index in [1.807, 2.05) is 0 Å². The van der Waals surface area contributed by atoms with E-state index >= 15 is 0 Å². The Morgan fingerprint density at radius 1 is 0.929 bits per heavy atom. The van der Waals surface area contributed by atoms with Crippen LogP contribution in [0.3, 0.4) is 0 Å². The lowest BCUT2D eigenvalue weighted by molar-refractivity contribution is -0.164. The van der Waals surface area contributed by atoms with E-state index in [0.717, 1.165) is 0 Å². The van der Waals surface area contributed by atoms with Crippen LogP contribution in [-0.2, 0) is 4.74 Å². The summed E-state index contributed by atoms with van der Waals surface area (Å²) in [7, 11) is 0. The molecule has 5 atom stereocenters. The summed E-state index contributed by atoms with van der Waals surface area (Å²) in [5.74, 6) is -0.646. The summed E-state index contributed by atoms with van der Waals surface area (Å²) in [6, 6.07) is 0. The molecule has 0 unspecified atom stereocenters. The molecule has 1 rings (SSSR count). The van der Waals surface area contributed by atoms with E-state index in [-0.39, 0.29) is 19.8 Å². The molecule has 1 saturated heterocycles. The molecular formula is C8H16O6. The van der Waals surface area contributed by atoms with E-state index in [4.69, 9.17) is 9.84 Å². The standard InChI is InChI=1S/C8H16O6/c9-1-4-2-14-3-5(10)7(12)8(13)6(4)11/h4-13H,1-3H2/t4-,5-,6+,7-,8+/m1/s1. The lowest BCUT2D eigenvalue weighted by Gasteiger charge is -2.33. The van der Waals surface area contributed by atoms with Crippen LogP contribution in [0.2, 0.25) is 0 Å². The second kappa shape index (κ2) is 5.01. The number of hydrogen-bond donors (Lipinski definition) is 5. The Bertz CT molecular complexity index is 169. The van der Waals surface area contributed by atoms with Gasteiger partial charge in [0.05, 0.1) is 25.9 Å². The summed E-state index contributed by atoms with van der Waals surface area (Å²) in [6.07, 6.45) is -5.45. The Labute approximate surface area is 81.4 Å². The first-order valence-electron chi connectivity index (χ1n) is 4.48. The molecule has 5 N–H and O–H groups in total. The largest absolute Gasteiger partial charge is 0.396 e. The van der Waals surface area contributed by atoms with Gasteiger partial charge in [-0.05, 0) is 0 Å². The SMILES string of the molecule is OC[C@@H]1COC[C@@H](O)[C@@H](O)[C@@H](O)[C@H]1O. The Balaban J connectivity index is 2.67. The molecule has 6 nitrogen and oxygen atoms in total. The molecule has 0 bridgehead atoms. The first-order chi connectivity index (χ1) is 6.57. The van der Waals surface area contributed by atoms with Crippen molar-refractivity contribution in [3.05, 3.63) is 0 Å². The summed E-state index contributed by atoms with van der Waals surface area (Å²) in [4.78, 5) is 0. The maximum atomic E-state index is 9.47. The number of aliphatic hydroxyl groups is 5. The highest BCUT2D eigenvalue weighted by Gasteiger charge is 2.36. The summed E-state index contributed by atoms with van der Waals surface area (Å²) < 4.78 is 4.94. The van der Waals surface area contributed by atoms with Crippen LogP contribution in [0, 0.1) is 5.92 Å². The van der Waals surface area contributed by atoms with Crippen molar-refractivity contribution >= 4 is 0 Å². The Kier molecular flexibility index (Phi) is 4.24. The molecule has 14 heavy (non-hydrogen) atoms. The van der Waals surface area contributed by atoms with Crippen molar-refractivity contribution < 1.29 is 30.3 Å². The van der Waals surface area contributed by atoms with Gasteiger partial charge in [-0.25, -0.2) is 0 Å². The van der Waals surface area contributed by atoms with Crippen molar-refractivity contribution in [1.82, 2.24) is 0 Å². The Morgan fingerprint density at radius 2 is 1.57 bits per heavy atom. The van der Waals surface area contributed by atoms with Crippen LogP contribution in [0.4, 0.5) is 0 Å². The van der Waals surface area contributed by atoms with Crippen LogP contribution in [0.15, 0.2) is 0 Å². The molecule has 0 spiro atoms. The minimum absolute atomic E-state index is 0.0402. The van der Waals surface area contributed by atoms with E-state index in [1.165, 1.54) is 0 Å². The number of aliphatic hydroxyl groups excluding tert-OH is 5. The highest BCUT2D eigenvalue weighted by molar-refractivity contribution is 4.86. The third-order valence-electron chi connectivity index (χ3n) is 2.43. The quantitative estimate of drug-likeness (QED) is 0.315. The van der Waals surface area contributed by atoms with Crippen molar-refractivity contribution in [2.45, 2.75) is 24.4 Å². The molecule has 6 heteroatoms. The van der Waals surface area contributed by atoms with E-state index < -0.39 is 30.3 Å². The molecule has 0 amide bonds. The number of hydrogen-bond acceptors (Lipinski definition) is 6. The van der Waals surface area contributed by atoms with Crippen LogP contribution in [-0.4, -0.2) is 69.8 Å². The molecule has 0 aromatic rings. The lowest BCUT2D eigenvalue weighted by atomic mass is 9.93. The minimum Gasteiger partial charge on any atom is -0.396 e. The van der Waals surface area contributed by atoms with E-state index in [0.29, 0.717) is 0 Å². The van der Waals surface area contributed by atoms with Gasteiger partial charge >= 0.3 is 0 Å². The fourth-order valence-electron chi connectivity index (χ4n) is 1.41. The number of rotatable bonds is 1. The van der Waals surface area contributed by atoms with Crippen LogP contribution >= 0.6 is 0 Å². The van der Waals surface area contributed by atoms with Crippen LogP contribution in [0.5, 0.6) is 0 Å². The van der Waals surface area contributed by atoms with Crippen molar-refractivity contribution in [1.29, 1.82) is 0 Å². The van der Waals surface area contributed by atoms with Crippen LogP contribution < -0.4 is 0 Å². The Hall–Kier alpha value is -0.240. The third kappa shape index (κ3) is 2.41. The Morgan fingerprint density at radius 3 is 2.14 bits per heavy atom. The first kappa shape index (κ1) is 11.8. The molecule has 0 aliphatic carbocycles. The molecule has 84 valence electrons. The van der Waals surface area contributed by atoms with Gasteiger partial charge in [0.25, 0.3) is 0 Å². The minimum atomic E-state index is -1.47. The smallest absolute Gasteiger partial charge is 0.111 e. The molecule has 0 saturated carbocycles. The fraction of sp³-hybridized carbons (Fsp3) is 1.00. The molecule has 1 aliphatic heterocycles. The average molecular weight is 208 g/mol. The van der Waals surface area contributed by atoms with Gasteiger partial charge in [-0.15, -0.1) is 0 Å². The molecule has 0 radical (unpaired) electrons. The topological polar surface area (TPSA) is 110 Å². The van der Waals surface area contributed by atoms with Crippen molar-refractivity contribution in [2.24, 2.45) is 5.92 Å². The normalized spacial score (nSPS) is 45.6. The number of ether oxygens (including phenoxy) is 1. The van der Waals surface area contributed by atoms with Gasteiger partial charge in [0, 0.05) is 5.92 Å². The average Bonchev–Trinajstić information content (AvgIpc) is 2.20. The third-order valence-corrected chi connectivity index (χ3v) is 2.43. The fourth-order valence-corrected chi connectivity index (χ4v) is 1.41. The maximum Gasteiger partial charge on any atom is 0.111 e. The second-order valence-corrected chi connectivity index (χ2v) is 3.52. The van der Waals surface area contributed by atoms with E-state index in [1.54, 1.807) is 0 Å². The van der Waals surface area contributed by atoms with Gasteiger partial charge in [0.2, 0.25) is 0 Å². The van der Waals surface area contributed by atoms with Gasteiger partial charge in [-0.1, -0.05) is 0 Å². The molecule has 1 heterocycles. The summed E-state index contributed by atoms with van der Waals surface area (Å²) in [5, 5.41) is 46.3. The van der Waals surface area contributed by atoms with Crippen LogP contribution in [0.25, 0.3) is 0 Å². The monoisotopic (exact) mass is 208 g/mol. The summed E-state index contributed by atoms with van der Waals surface area (Å²) in [6.45, 7) is -0.430. The zero-order valence-corrected chi connectivity index (χ0v) is 7.65. The summed E-state index contributed by atoms with van der Waals surface area (Å²) in [5.41, 5.74) is 0. The maximum absolute atomic E-state index is 9.47. The van der Waals surface area contributed by atoms with Crippen molar-refractivity contribution in [2.75, 3.05) is 19.8 Å². The molecule has 0 aromatic carbocycles. The second-order valence-electron chi connectivity index (χ2n) is 3.52. The van der Waals surface area contributed by atoms with Gasteiger partial charge in [-0.3, -0.25) is 0 Å².